The highest BCUT2D eigenvalue weighted by atomic mass is 16.6. The van der Waals surface area contributed by atoms with Gasteiger partial charge in [0.2, 0.25) is 0 Å². The number of para-hydroxylation sites is 1. The number of aryl methyl sites for hydroxylation is 1. The van der Waals surface area contributed by atoms with Gasteiger partial charge in [-0.15, -0.1) is 0 Å². The smallest absolute Gasteiger partial charge is 0.409 e. The summed E-state index contributed by atoms with van der Waals surface area (Å²) in [7, 11) is 0. The zero-order chi connectivity index (χ0) is 19.9. The second kappa shape index (κ2) is 9.27. The maximum atomic E-state index is 12.9. The van der Waals surface area contributed by atoms with Crippen molar-refractivity contribution in [1.29, 1.82) is 5.26 Å². The second-order valence-electron chi connectivity index (χ2n) is 6.99. The SMILES string of the molecule is CCOC(=O)N1CCC(N/C=C(/C#N)C(=O)N2CCCc3ccccc32)CC1. The van der Waals surface area contributed by atoms with Gasteiger partial charge in [-0.05, 0) is 44.2 Å². The summed E-state index contributed by atoms with van der Waals surface area (Å²) in [4.78, 5) is 28.0. The van der Waals surface area contributed by atoms with Gasteiger partial charge in [0.05, 0.1) is 6.61 Å². The van der Waals surface area contributed by atoms with Gasteiger partial charge in [0.15, 0.2) is 0 Å². The first kappa shape index (κ1) is 19.7. The van der Waals surface area contributed by atoms with Crippen LogP contribution in [-0.4, -0.2) is 49.2 Å². The highest BCUT2D eigenvalue weighted by Gasteiger charge is 2.26. The Hall–Kier alpha value is -3.01. The van der Waals surface area contributed by atoms with Crippen LogP contribution in [0.15, 0.2) is 36.0 Å². The van der Waals surface area contributed by atoms with E-state index in [1.165, 1.54) is 6.20 Å². The quantitative estimate of drug-likeness (QED) is 0.639. The fourth-order valence-corrected chi connectivity index (χ4v) is 3.68. The molecule has 0 aliphatic carbocycles. The molecule has 0 radical (unpaired) electrons. The predicted octanol–water partition coefficient (Wildman–Crippen LogP) is 2.58. The molecular formula is C21H26N4O3. The average Bonchev–Trinajstić information content (AvgIpc) is 2.74. The van der Waals surface area contributed by atoms with E-state index in [2.05, 4.69) is 5.32 Å². The van der Waals surface area contributed by atoms with E-state index in [-0.39, 0.29) is 23.6 Å². The summed E-state index contributed by atoms with van der Waals surface area (Å²) in [5.74, 6) is -0.272. The molecule has 148 valence electrons. The number of nitrogens with one attached hydrogen (secondary N) is 1. The van der Waals surface area contributed by atoms with Crippen molar-refractivity contribution in [2.75, 3.05) is 31.1 Å². The minimum Gasteiger partial charge on any atom is -0.450 e. The average molecular weight is 382 g/mol. The standard InChI is InChI=1S/C21H26N4O3/c1-2-28-21(27)24-12-9-18(10-13-24)23-15-17(14-22)20(26)25-11-5-7-16-6-3-4-8-19(16)25/h3-4,6,8,15,18,23H,2,5,7,9-13H2,1H3/b17-15-. The summed E-state index contributed by atoms with van der Waals surface area (Å²) in [5.41, 5.74) is 2.13. The maximum absolute atomic E-state index is 12.9. The zero-order valence-corrected chi connectivity index (χ0v) is 16.2. The van der Waals surface area contributed by atoms with Crippen LogP contribution in [-0.2, 0) is 16.0 Å². The number of anilines is 1. The van der Waals surface area contributed by atoms with Crippen molar-refractivity contribution in [3.63, 3.8) is 0 Å². The highest BCUT2D eigenvalue weighted by molar-refractivity contribution is 6.08. The van der Waals surface area contributed by atoms with Crippen molar-refractivity contribution in [3.8, 4) is 6.07 Å². The fraction of sp³-hybridized carbons (Fsp3) is 0.476. The Morgan fingerprint density at radius 1 is 1.29 bits per heavy atom. The Morgan fingerprint density at radius 2 is 2.04 bits per heavy atom. The number of amides is 2. The van der Waals surface area contributed by atoms with E-state index in [1.807, 2.05) is 30.3 Å². The minimum atomic E-state index is -0.284. The molecule has 0 unspecified atom stereocenters. The molecule has 1 saturated heterocycles. The van der Waals surface area contributed by atoms with E-state index in [0.29, 0.717) is 26.2 Å². The monoisotopic (exact) mass is 382 g/mol. The van der Waals surface area contributed by atoms with E-state index in [9.17, 15) is 14.9 Å². The summed E-state index contributed by atoms with van der Waals surface area (Å²) < 4.78 is 5.02. The van der Waals surface area contributed by atoms with Crippen LogP contribution in [0, 0.1) is 11.3 Å². The molecule has 0 atom stereocenters. The molecule has 2 amide bonds. The third-order valence-electron chi connectivity index (χ3n) is 5.19. The molecule has 1 N–H and O–H groups in total. The number of carbonyl (C=O) groups excluding carboxylic acids is 2. The van der Waals surface area contributed by atoms with Crippen molar-refractivity contribution in [1.82, 2.24) is 10.2 Å². The van der Waals surface area contributed by atoms with Gasteiger partial charge in [-0.1, -0.05) is 18.2 Å². The molecule has 7 heteroatoms. The van der Waals surface area contributed by atoms with Gasteiger partial charge in [-0.25, -0.2) is 4.79 Å². The second-order valence-corrected chi connectivity index (χ2v) is 6.99. The Balaban J connectivity index is 1.60. The molecule has 2 aliphatic heterocycles. The van der Waals surface area contributed by atoms with Crippen molar-refractivity contribution in [2.24, 2.45) is 0 Å². The maximum Gasteiger partial charge on any atom is 0.409 e. The largest absolute Gasteiger partial charge is 0.450 e. The van der Waals surface area contributed by atoms with Gasteiger partial charge >= 0.3 is 6.09 Å². The molecule has 0 spiro atoms. The van der Waals surface area contributed by atoms with Gasteiger partial charge in [0.25, 0.3) is 5.91 Å². The van der Waals surface area contributed by atoms with Crippen LogP contribution in [0.5, 0.6) is 0 Å². The third-order valence-corrected chi connectivity index (χ3v) is 5.19. The molecule has 3 rings (SSSR count). The number of fused-ring (bicyclic) bond motifs is 1. The lowest BCUT2D eigenvalue weighted by molar-refractivity contribution is -0.114. The molecule has 0 bridgehead atoms. The van der Waals surface area contributed by atoms with Crippen LogP contribution >= 0.6 is 0 Å². The summed E-state index contributed by atoms with van der Waals surface area (Å²) in [6, 6.07) is 10.00. The first-order valence-electron chi connectivity index (χ1n) is 9.81. The lowest BCUT2D eigenvalue weighted by Gasteiger charge is -2.31. The lowest BCUT2D eigenvalue weighted by atomic mass is 10.0. The van der Waals surface area contributed by atoms with E-state index in [1.54, 1.807) is 16.7 Å². The molecule has 2 aliphatic rings. The predicted molar refractivity (Wildman–Crippen MR) is 106 cm³/mol. The van der Waals surface area contributed by atoms with Crippen LogP contribution in [0.1, 0.15) is 31.7 Å². The fourth-order valence-electron chi connectivity index (χ4n) is 3.68. The number of hydrogen-bond donors (Lipinski definition) is 1. The first-order chi connectivity index (χ1) is 13.6. The van der Waals surface area contributed by atoms with Crippen LogP contribution in [0.25, 0.3) is 0 Å². The number of carbonyl (C=O) groups is 2. The minimum absolute atomic E-state index is 0.101. The van der Waals surface area contributed by atoms with E-state index < -0.39 is 0 Å². The van der Waals surface area contributed by atoms with Crippen LogP contribution in [0.3, 0.4) is 0 Å². The number of rotatable bonds is 4. The molecule has 2 heterocycles. The van der Waals surface area contributed by atoms with Crippen LogP contribution in [0.2, 0.25) is 0 Å². The molecular weight excluding hydrogens is 356 g/mol. The normalized spacial score (nSPS) is 17.5. The highest BCUT2D eigenvalue weighted by Crippen LogP contribution is 2.27. The van der Waals surface area contributed by atoms with Gasteiger partial charge in [-0.2, -0.15) is 5.26 Å². The van der Waals surface area contributed by atoms with Gasteiger partial charge in [0.1, 0.15) is 11.6 Å². The number of likely N-dealkylation sites (tertiary alicyclic amines) is 1. The topological polar surface area (TPSA) is 85.7 Å². The third kappa shape index (κ3) is 4.45. The number of hydrogen-bond acceptors (Lipinski definition) is 5. The van der Waals surface area contributed by atoms with Gasteiger partial charge < -0.3 is 19.9 Å². The molecule has 0 saturated carbocycles. The number of benzene rings is 1. The zero-order valence-electron chi connectivity index (χ0n) is 16.2. The number of nitriles is 1. The van der Waals surface area contributed by atoms with Crippen molar-refractivity contribution in [2.45, 2.75) is 38.6 Å². The number of ether oxygens (including phenoxy) is 1. The summed E-state index contributed by atoms with van der Waals surface area (Å²) in [6.45, 7) is 3.97. The van der Waals surface area contributed by atoms with E-state index in [4.69, 9.17) is 4.74 Å². The Bertz CT molecular complexity index is 791. The Kier molecular flexibility index (Phi) is 6.53. The van der Waals surface area contributed by atoms with Crippen LogP contribution < -0.4 is 10.2 Å². The van der Waals surface area contributed by atoms with E-state index >= 15 is 0 Å². The molecule has 0 aromatic heterocycles. The summed E-state index contributed by atoms with van der Waals surface area (Å²) in [5, 5.41) is 12.7. The van der Waals surface area contributed by atoms with Gasteiger partial charge in [-0.3, -0.25) is 4.79 Å². The van der Waals surface area contributed by atoms with Crippen molar-refractivity contribution < 1.29 is 14.3 Å². The van der Waals surface area contributed by atoms with Crippen LogP contribution in [0.4, 0.5) is 10.5 Å². The lowest BCUT2D eigenvalue weighted by Crippen LogP contribution is -2.44. The Labute approximate surface area is 165 Å². The van der Waals surface area contributed by atoms with Crippen molar-refractivity contribution >= 4 is 17.7 Å². The first-order valence-corrected chi connectivity index (χ1v) is 9.81. The van der Waals surface area contributed by atoms with E-state index in [0.717, 1.165) is 36.9 Å². The molecule has 28 heavy (non-hydrogen) atoms. The molecule has 1 fully saturated rings. The molecule has 1 aromatic rings. The van der Waals surface area contributed by atoms with Crippen molar-refractivity contribution in [3.05, 3.63) is 41.6 Å². The molecule has 7 nitrogen and oxygen atoms in total. The van der Waals surface area contributed by atoms with Gasteiger partial charge in [0, 0.05) is 37.6 Å². The number of piperidine rings is 1. The summed E-state index contributed by atoms with van der Waals surface area (Å²) in [6.07, 6.45) is 4.57. The molecule has 1 aromatic carbocycles. The Morgan fingerprint density at radius 3 is 2.75 bits per heavy atom. The number of nitrogens with zero attached hydrogens (tertiary/aromatic N) is 3. The summed E-state index contributed by atoms with van der Waals surface area (Å²) >= 11 is 0.